The molecule has 1 rings (SSSR count). The highest BCUT2D eigenvalue weighted by Gasteiger charge is 1.82. The number of aromatic nitrogens is 3. The number of rotatable bonds is 0. The smallest absolute Gasteiger partial charge is 0.244 e. The third-order valence-electron chi connectivity index (χ3n) is 0.588. The Bertz CT molecular complexity index is 232. The summed E-state index contributed by atoms with van der Waals surface area (Å²) in [5, 5.41) is 5.43. The summed E-state index contributed by atoms with van der Waals surface area (Å²) in [5.41, 5.74) is -0.390. The van der Waals surface area contributed by atoms with Crippen molar-refractivity contribution in [2.45, 2.75) is 0 Å². The maximum absolute atomic E-state index is 10.2. The summed E-state index contributed by atoms with van der Waals surface area (Å²) in [6.45, 7) is 0. The molecule has 0 aliphatic rings. The van der Waals surface area contributed by atoms with Crippen LogP contribution >= 0.6 is 0 Å². The van der Waals surface area contributed by atoms with E-state index in [9.17, 15) is 4.79 Å². The zero-order valence-corrected chi connectivity index (χ0v) is 3.96. The fourth-order valence-electron chi connectivity index (χ4n) is 0.325. The number of hydrogen-bond donors (Lipinski definition) is 1. The average molecular weight is 107 g/mol. The molecule has 1 N–H and O–H groups in total. The molecule has 1 aromatic rings. The monoisotopic (exact) mass is 107 g/mol. The summed E-state index contributed by atoms with van der Waals surface area (Å²) in [6.07, 6.45) is 1.27. The van der Waals surface area contributed by atoms with Gasteiger partial charge >= 0.3 is 5.69 Å². The van der Waals surface area contributed by atoms with Gasteiger partial charge < -0.3 is 0 Å². The first-order chi connectivity index (χ1) is 3.79. The minimum Gasteiger partial charge on any atom is -0.244 e. The van der Waals surface area contributed by atoms with Crippen molar-refractivity contribution in [3.63, 3.8) is 0 Å². The van der Waals surface area contributed by atoms with Gasteiger partial charge in [0.15, 0.2) is 0 Å². The van der Waals surface area contributed by atoms with E-state index in [0.717, 1.165) is 0 Å². The third kappa shape index (κ3) is 0.929. The zero-order chi connectivity index (χ0) is 5.98. The number of aromatic amines is 1. The van der Waals surface area contributed by atoms with E-state index in [1.165, 1.54) is 6.20 Å². The number of nitrogens with zero attached hydrogens (tertiary/aromatic N) is 2. The Morgan fingerprint density at radius 1 is 1.75 bits per heavy atom. The van der Waals surface area contributed by atoms with Crippen LogP contribution in [0.5, 0.6) is 0 Å². The Balaban J connectivity index is 3.28. The van der Waals surface area contributed by atoms with E-state index in [0.29, 0.717) is 0 Å². The maximum atomic E-state index is 10.2. The molecule has 0 saturated carbocycles. The first-order valence-corrected chi connectivity index (χ1v) is 1.96. The molecular weight excluding hydrogens is 105 g/mol. The van der Waals surface area contributed by atoms with Crippen LogP contribution in [-0.4, -0.2) is 23.0 Å². The van der Waals surface area contributed by atoms with E-state index < -0.39 is 5.69 Å². The molecule has 2 radical (unpaired) electrons. The van der Waals surface area contributed by atoms with Gasteiger partial charge in [-0.05, 0) is 0 Å². The summed E-state index contributed by atoms with van der Waals surface area (Å²) in [7, 11) is 5.06. The van der Waals surface area contributed by atoms with E-state index in [1.54, 1.807) is 0 Å². The number of H-pyrrole nitrogens is 1. The van der Waals surface area contributed by atoms with Crippen molar-refractivity contribution in [3.05, 3.63) is 16.7 Å². The third-order valence-corrected chi connectivity index (χ3v) is 0.588. The molecule has 0 saturated heterocycles. The Hall–Kier alpha value is -1.13. The standard InChI is InChI=1S/C3H2BN3O/c4-2-1-5-7-3(8)6-2/h1H,(H,6,7,8). The van der Waals surface area contributed by atoms with Crippen LogP contribution < -0.4 is 11.3 Å². The molecular formula is C3H2BN3O. The van der Waals surface area contributed by atoms with E-state index in [1.807, 2.05) is 0 Å². The second-order valence-corrected chi connectivity index (χ2v) is 1.21. The van der Waals surface area contributed by atoms with Crippen LogP contribution in [0.3, 0.4) is 0 Å². The van der Waals surface area contributed by atoms with Crippen molar-refractivity contribution < 1.29 is 0 Å². The molecule has 0 atom stereocenters. The highest BCUT2D eigenvalue weighted by Crippen LogP contribution is 1.48. The molecule has 8 heavy (non-hydrogen) atoms. The summed E-state index contributed by atoms with van der Waals surface area (Å²) in [6, 6.07) is 0. The summed E-state index contributed by atoms with van der Waals surface area (Å²) >= 11 is 0. The fourth-order valence-corrected chi connectivity index (χ4v) is 0.325. The Morgan fingerprint density at radius 2 is 2.50 bits per heavy atom. The van der Waals surface area contributed by atoms with Crippen molar-refractivity contribution in [3.8, 4) is 0 Å². The maximum Gasteiger partial charge on any atom is 0.360 e. The van der Waals surface area contributed by atoms with Gasteiger partial charge in [0.1, 0.15) is 7.85 Å². The topological polar surface area (TPSA) is 58.6 Å². The SMILES string of the molecule is [B]c1cn[nH]c(=O)n1. The normalized spacial score (nSPS) is 9.00. The second-order valence-electron chi connectivity index (χ2n) is 1.21. The highest BCUT2D eigenvalue weighted by molar-refractivity contribution is 6.30. The largest absolute Gasteiger partial charge is 0.360 e. The number of nitrogens with one attached hydrogen (secondary N) is 1. The van der Waals surface area contributed by atoms with Crippen LogP contribution in [0, 0.1) is 0 Å². The van der Waals surface area contributed by atoms with Crippen molar-refractivity contribution in [1.82, 2.24) is 15.2 Å². The first-order valence-electron chi connectivity index (χ1n) is 1.96. The van der Waals surface area contributed by atoms with Crippen LogP contribution in [0.2, 0.25) is 0 Å². The fraction of sp³-hybridized carbons (Fsp3) is 0. The van der Waals surface area contributed by atoms with E-state index in [-0.39, 0.29) is 5.59 Å². The van der Waals surface area contributed by atoms with Crippen LogP contribution in [-0.2, 0) is 0 Å². The van der Waals surface area contributed by atoms with E-state index in [4.69, 9.17) is 7.85 Å². The minimum absolute atomic E-state index is 0.133. The van der Waals surface area contributed by atoms with Crippen LogP contribution in [0.25, 0.3) is 0 Å². The molecule has 0 fully saturated rings. The van der Waals surface area contributed by atoms with E-state index >= 15 is 0 Å². The molecule has 0 unspecified atom stereocenters. The van der Waals surface area contributed by atoms with Gasteiger partial charge in [-0.25, -0.2) is 14.9 Å². The molecule has 0 aromatic carbocycles. The lowest BCUT2D eigenvalue weighted by molar-refractivity contribution is 0.930. The highest BCUT2D eigenvalue weighted by atomic mass is 16.1. The van der Waals surface area contributed by atoms with Crippen molar-refractivity contribution in [1.29, 1.82) is 0 Å². The molecule has 1 aromatic heterocycles. The van der Waals surface area contributed by atoms with Gasteiger partial charge in [0, 0.05) is 5.59 Å². The molecule has 0 bridgehead atoms. The Labute approximate surface area is 46.4 Å². The second kappa shape index (κ2) is 1.77. The van der Waals surface area contributed by atoms with Gasteiger partial charge in [-0.1, -0.05) is 0 Å². The van der Waals surface area contributed by atoms with Gasteiger partial charge in [0.05, 0.1) is 6.20 Å². The lowest BCUT2D eigenvalue weighted by Gasteiger charge is -1.82. The molecule has 4 nitrogen and oxygen atoms in total. The molecule has 1 heterocycles. The van der Waals surface area contributed by atoms with Gasteiger partial charge in [0.2, 0.25) is 0 Å². The van der Waals surface area contributed by atoms with Gasteiger partial charge in [0.25, 0.3) is 0 Å². The summed E-state index contributed by atoms with van der Waals surface area (Å²) < 4.78 is 0. The zero-order valence-electron chi connectivity index (χ0n) is 3.96. The van der Waals surface area contributed by atoms with E-state index in [2.05, 4.69) is 15.2 Å². The van der Waals surface area contributed by atoms with Crippen molar-refractivity contribution in [2.75, 3.05) is 0 Å². The lowest BCUT2D eigenvalue weighted by Crippen LogP contribution is -2.23. The van der Waals surface area contributed by atoms with Gasteiger partial charge in [-0.15, -0.1) is 0 Å². The first kappa shape index (κ1) is 5.02. The van der Waals surface area contributed by atoms with Crippen molar-refractivity contribution >= 4 is 13.4 Å². The quantitative estimate of drug-likeness (QED) is 0.388. The summed E-state index contributed by atoms with van der Waals surface area (Å²) in [5.74, 6) is 0. The molecule has 0 amide bonds. The average Bonchev–Trinajstić information content (AvgIpc) is 1.64. The molecule has 38 valence electrons. The lowest BCUT2D eigenvalue weighted by atomic mass is 10.1. The van der Waals surface area contributed by atoms with Crippen LogP contribution in [0.1, 0.15) is 0 Å². The minimum atomic E-state index is -0.523. The summed E-state index contributed by atoms with van der Waals surface area (Å²) in [4.78, 5) is 13.5. The van der Waals surface area contributed by atoms with Gasteiger partial charge in [-0.3, -0.25) is 0 Å². The van der Waals surface area contributed by atoms with Crippen molar-refractivity contribution in [2.24, 2.45) is 0 Å². The van der Waals surface area contributed by atoms with Crippen LogP contribution in [0.15, 0.2) is 11.0 Å². The molecule has 5 heteroatoms. The molecule has 0 aliphatic heterocycles. The molecule has 0 spiro atoms. The Kier molecular flexibility index (Phi) is 1.11. The predicted octanol–water partition coefficient (Wildman–Crippen LogP) is -2.04. The predicted molar refractivity (Wildman–Crippen MR) is 28.0 cm³/mol. The van der Waals surface area contributed by atoms with Gasteiger partial charge in [-0.2, -0.15) is 5.10 Å². The number of hydrogen-bond acceptors (Lipinski definition) is 3. The van der Waals surface area contributed by atoms with Crippen LogP contribution in [0.4, 0.5) is 0 Å². The Morgan fingerprint density at radius 3 is 2.88 bits per heavy atom. The molecule has 0 aliphatic carbocycles.